The Balaban J connectivity index is 1.69. The summed E-state index contributed by atoms with van der Waals surface area (Å²) < 4.78 is 17.2. The normalized spacial score (nSPS) is 26.7. The van der Waals surface area contributed by atoms with E-state index in [0.29, 0.717) is 0 Å². The molecule has 140 valence electrons. The largest absolute Gasteiger partial charge is 0.394 e. The van der Waals surface area contributed by atoms with Crippen molar-refractivity contribution in [2.45, 2.75) is 43.9 Å². The lowest BCUT2D eigenvalue weighted by molar-refractivity contribution is -0.160. The van der Waals surface area contributed by atoms with Crippen LogP contribution in [0.3, 0.4) is 0 Å². The van der Waals surface area contributed by atoms with Gasteiger partial charge >= 0.3 is 0 Å². The van der Waals surface area contributed by atoms with Gasteiger partial charge in [0.25, 0.3) is 0 Å². The van der Waals surface area contributed by atoms with Crippen LogP contribution in [0.2, 0.25) is 0 Å². The molecule has 26 heavy (non-hydrogen) atoms. The first-order valence-corrected chi connectivity index (χ1v) is 8.62. The molecule has 0 radical (unpaired) electrons. The third kappa shape index (κ3) is 4.67. The van der Waals surface area contributed by atoms with Crippen molar-refractivity contribution in [2.24, 2.45) is 0 Å². The Morgan fingerprint density at radius 1 is 0.846 bits per heavy atom. The van der Waals surface area contributed by atoms with Gasteiger partial charge in [0, 0.05) is 0 Å². The second kappa shape index (κ2) is 9.23. The quantitative estimate of drug-likeness (QED) is 0.656. The molecule has 3 N–H and O–H groups in total. The Kier molecular flexibility index (Phi) is 6.73. The average molecular weight is 360 g/mol. The number of hydrogen-bond donors (Lipinski definition) is 3. The predicted molar refractivity (Wildman–Crippen MR) is 94.0 cm³/mol. The molecule has 6 heteroatoms. The first-order chi connectivity index (χ1) is 12.7. The van der Waals surface area contributed by atoms with Crippen LogP contribution in [0, 0.1) is 0 Å². The van der Waals surface area contributed by atoms with Crippen LogP contribution in [0.5, 0.6) is 0 Å². The van der Waals surface area contributed by atoms with E-state index in [0.717, 1.165) is 11.1 Å². The van der Waals surface area contributed by atoms with Gasteiger partial charge in [-0.2, -0.15) is 0 Å². The molecule has 6 nitrogen and oxygen atoms in total. The number of rotatable bonds is 8. The molecule has 2 aromatic carbocycles. The molecule has 5 atom stereocenters. The van der Waals surface area contributed by atoms with E-state index in [1.54, 1.807) is 0 Å². The molecule has 0 bridgehead atoms. The smallest absolute Gasteiger partial charge is 0.184 e. The highest BCUT2D eigenvalue weighted by molar-refractivity contribution is 5.14. The van der Waals surface area contributed by atoms with Gasteiger partial charge in [-0.3, -0.25) is 0 Å². The average Bonchev–Trinajstić information content (AvgIpc) is 3.01. The molecule has 1 aliphatic heterocycles. The molecule has 0 amide bonds. The van der Waals surface area contributed by atoms with E-state index in [-0.39, 0.29) is 13.2 Å². The summed E-state index contributed by atoms with van der Waals surface area (Å²) in [7, 11) is 0. The lowest BCUT2D eigenvalue weighted by atomic mass is 10.1. The summed E-state index contributed by atoms with van der Waals surface area (Å²) in [4.78, 5) is 0. The molecule has 0 aliphatic carbocycles. The van der Waals surface area contributed by atoms with E-state index in [1.807, 2.05) is 60.7 Å². The van der Waals surface area contributed by atoms with Gasteiger partial charge in [-0.25, -0.2) is 0 Å². The van der Waals surface area contributed by atoms with Crippen LogP contribution in [-0.2, 0) is 27.4 Å². The van der Waals surface area contributed by atoms with Crippen molar-refractivity contribution < 1.29 is 29.5 Å². The van der Waals surface area contributed by atoms with E-state index >= 15 is 0 Å². The summed E-state index contributed by atoms with van der Waals surface area (Å²) in [5, 5.41) is 29.5. The van der Waals surface area contributed by atoms with Crippen molar-refractivity contribution in [3.8, 4) is 0 Å². The van der Waals surface area contributed by atoms with Gasteiger partial charge in [-0.1, -0.05) is 60.7 Å². The Morgan fingerprint density at radius 3 is 1.85 bits per heavy atom. The molecule has 2 aromatic rings. The van der Waals surface area contributed by atoms with E-state index in [4.69, 9.17) is 14.2 Å². The van der Waals surface area contributed by atoms with Crippen LogP contribution >= 0.6 is 0 Å². The third-order valence-electron chi connectivity index (χ3n) is 4.36. The topological polar surface area (TPSA) is 88.4 Å². The number of ether oxygens (including phenoxy) is 3. The number of aliphatic hydroxyl groups is 3. The number of benzene rings is 2. The van der Waals surface area contributed by atoms with Gasteiger partial charge < -0.3 is 29.5 Å². The Bertz CT molecular complexity index is 650. The van der Waals surface area contributed by atoms with Crippen molar-refractivity contribution in [1.29, 1.82) is 0 Å². The van der Waals surface area contributed by atoms with Crippen molar-refractivity contribution in [3.63, 3.8) is 0 Å². The van der Waals surface area contributed by atoms with Gasteiger partial charge in [0.2, 0.25) is 0 Å². The molecule has 1 saturated heterocycles. The highest BCUT2D eigenvalue weighted by Crippen LogP contribution is 2.29. The maximum Gasteiger partial charge on any atom is 0.184 e. The molecule has 0 saturated carbocycles. The highest BCUT2D eigenvalue weighted by Gasteiger charge is 2.48. The van der Waals surface area contributed by atoms with Crippen LogP contribution in [0.15, 0.2) is 60.7 Å². The Labute approximate surface area is 152 Å². The van der Waals surface area contributed by atoms with Crippen LogP contribution in [0.25, 0.3) is 0 Å². The third-order valence-corrected chi connectivity index (χ3v) is 4.36. The Hall–Kier alpha value is -1.80. The van der Waals surface area contributed by atoms with Gasteiger partial charge in [0.05, 0.1) is 19.8 Å². The minimum absolute atomic E-state index is 0.277. The van der Waals surface area contributed by atoms with E-state index in [9.17, 15) is 15.3 Å². The van der Waals surface area contributed by atoms with Crippen LogP contribution in [0.4, 0.5) is 0 Å². The Morgan fingerprint density at radius 2 is 1.35 bits per heavy atom. The zero-order valence-electron chi connectivity index (χ0n) is 14.3. The molecule has 0 spiro atoms. The molecular formula is C20H24O6. The van der Waals surface area contributed by atoms with Gasteiger partial charge in [0.1, 0.15) is 24.4 Å². The predicted octanol–water partition coefficient (Wildman–Crippen LogP) is 1.23. The van der Waals surface area contributed by atoms with Crippen molar-refractivity contribution in [3.05, 3.63) is 71.8 Å². The van der Waals surface area contributed by atoms with Crippen molar-refractivity contribution in [1.82, 2.24) is 0 Å². The zero-order valence-corrected chi connectivity index (χ0v) is 14.3. The summed E-state index contributed by atoms with van der Waals surface area (Å²) in [5.74, 6) is 0. The second-order valence-electron chi connectivity index (χ2n) is 6.26. The maximum atomic E-state index is 10.2. The van der Waals surface area contributed by atoms with Gasteiger partial charge in [0.15, 0.2) is 6.29 Å². The minimum Gasteiger partial charge on any atom is -0.394 e. The molecule has 1 heterocycles. The monoisotopic (exact) mass is 360 g/mol. The SMILES string of the molecule is OC[C@@H](O)[C@@H]1OC(O)[C@H](OCc2ccccc2)[C@H]1OCc1ccccc1. The maximum absolute atomic E-state index is 10.2. The molecule has 1 unspecified atom stereocenters. The summed E-state index contributed by atoms with van der Waals surface area (Å²) in [6.07, 6.45) is -4.78. The van der Waals surface area contributed by atoms with Crippen LogP contribution in [-0.4, -0.2) is 52.6 Å². The van der Waals surface area contributed by atoms with Gasteiger partial charge in [-0.15, -0.1) is 0 Å². The fourth-order valence-electron chi connectivity index (χ4n) is 2.98. The molecular weight excluding hydrogens is 336 g/mol. The first-order valence-electron chi connectivity index (χ1n) is 8.62. The molecule has 1 fully saturated rings. The number of hydrogen-bond acceptors (Lipinski definition) is 6. The second-order valence-corrected chi connectivity index (χ2v) is 6.26. The summed E-state index contributed by atoms with van der Waals surface area (Å²) in [6, 6.07) is 19.1. The first kappa shape index (κ1) is 19.0. The molecule has 1 aliphatic rings. The fraction of sp³-hybridized carbons (Fsp3) is 0.400. The standard InChI is InChI=1S/C20H24O6/c21-11-16(22)17-18(24-12-14-7-3-1-4-8-14)19(20(23)26-17)25-13-15-9-5-2-6-10-15/h1-10,16-23H,11-13H2/t16-,17+,18+,19-,20?/m1/s1. The fourth-order valence-corrected chi connectivity index (χ4v) is 2.98. The van der Waals surface area contributed by atoms with Crippen LogP contribution < -0.4 is 0 Å². The minimum atomic E-state index is -1.24. The molecule has 3 rings (SSSR count). The lowest BCUT2D eigenvalue weighted by Gasteiger charge is -2.25. The summed E-state index contributed by atoms with van der Waals surface area (Å²) in [5.41, 5.74) is 1.90. The van der Waals surface area contributed by atoms with Crippen molar-refractivity contribution >= 4 is 0 Å². The van der Waals surface area contributed by atoms with E-state index in [1.165, 1.54) is 0 Å². The van der Waals surface area contributed by atoms with Crippen molar-refractivity contribution in [2.75, 3.05) is 6.61 Å². The van der Waals surface area contributed by atoms with E-state index < -0.39 is 37.3 Å². The lowest BCUT2D eigenvalue weighted by Crippen LogP contribution is -2.43. The molecule has 0 aromatic heterocycles. The highest BCUT2D eigenvalue weighted by atomic mass is 16.7. The van der Waals surface area contributed by atoms with Crippen LogP contribution in [0.1, 0.15) is 11.1 Å². The van der Waals surface area contributed by atoms with E-state index in [2.05, 4.69) is 0 Å². The summed E-state index contributed by atoms with van der Waals surface area (Å²) in [6.45, 7) is 0.0640. The number of aliphatic hydroxyl groups excluding tert-OH is 3. The summed E-state index contributed by atoms with van der Waals surface area (Å²) >= 11 is 0. The van der Waals surface area contributed by atoms with Gasteiger partial charge in [-0.05, 0) is 11.1 Å². The zero-order chi connectivity index (χ0) is 18.4.